The van der Waals surface area contributed by atoms with Gasteiger partial charge in [0.15, 0.2) is 9.84 Å². The van der Waals surface area contributed by atoms with Crippen LogP contribution in [0.3, 0.4) is 0 Å². The van der Waals surface area contributed by atoms with Gasteiger partial charge in [0.2, 0.25) is 5.91 Å². The molecule has 0 aromatic heterocycles. The van der Waals surface area contributed by atoms with Crippen LogP contribution in [0.25, 0.3) is 0 Å². The second-order valence-corrected chi connectivity index (χ2v) is 11.7. The minimum Gasteiger partial charge on any atom is -0.348 e. The SMILES string of the molecule is Cc1ccc(S(=O)(=O)N(CC(=O)NC(C)c2ccc(S(C)(=O)=O)cc2)c2ccccc2)cc1. The van der Waals surface area contributed by atoms with Gasteiger partial charge in [-0.15, -0.1) is 0 Å². The fourth-order valence-electron chi connectivity index (χ4n) is 3.25. The largest absolute Gasteiger partial charge is 0.348 e. The second kappa shape index (κ2) is 9.76. The maximum atomic E-state index is 13.4. The zero-order valence-electron chi connectivity index (χ0n) is 18.6. The summed E-state index contributed by atoms with van der Waals surface area (Å²) < 4.78 is 51.1. The Balaban J connectivity index is 1.83. The van der Waals surface area contributed by atoms with Gasteiger partial charge in [-0.25, -0.2) is 16.8 Å². The Morgan fingerprint density at radius 2 is 1.39 bits per heavy atom. The van der Waals surface area contributed by atoms with Crippen molar-refractivity contribution in [2.45, 2.75) is 29.7 Å². The third-order valence-electron chi connectivity index (χ3n) is 5.13. The maximum Gasteiger partial charge on any atom is 0.264 e. The van der Waals surface area contributed by atoms with Crippen molar-refractivity contribution in [2.75, 3.05) is 17.1 Å². The number of hydrogen-bond donors (Lipinski definition) is 1. The number of carbonyl (C=O) groups excluding carboxylic acids is 1. The molecule has 3 rings (SSSR count). The minimum atomic E-state index is -3.98. The predicted octanol–water partition coefficient (Wildman–Crippen LogP) is 3.47. The molecule has 1 N–H and O–H groups in total. The number of aryl methyl sites for hydroxylation is 1. The highest BCUT2D eigenvalue weighted by Gasteiger charge is 2.27. The monoisotopic (exact) mass is 486 g/mol. The molecule has 0 radical (unpaired) electrons. The first kappa shape index (κ1) is 24.5. The van der Waals surface area contributed by atoms with Gasteiger partial charge in [-0.2, -0.15) is 0 Å². The van der Waals surface area contributed by atoms with Gasteiger partial charge >= 0.3 is 0 Å². The van der Waals surface area contributed by atoms with Crippen LogP contribution in [0.1, 0.15) is 24.1 Å². The Labute approximate surface area is 195 Å². The number of carbonyl (C=O) groups is 1. The van der Waals surface area contributed by atoms with E-state index in [1.54, 1.807) is 61.5 Å². The number of sulfonamides is 1. The van der Waals surface area contributed by atoms with E-state index in [1.807, 2.05) is 6.92 Å². The molecule has 0 aliphatic rings. The van der Waals surface area contributed by atoms with Crippen LogP contribution in [0.2, 0.25) is 0 Å². The summed E-state index contributed by atoms with van der Waals surface area (Å²) in [6.45, 7) is 3.20. The van der Waals surface area contributed by atoms with Crippen molar-refractivity contribution in [2.24, 2.45) is 0 Å². The van der Waals surface area contributed by atoms with Gasteiger partial charge in [0.25, 0.3) is 10.0 Å². The number of nitrogens with one attached hydrogen (secondary N) is 1. The highest BCUT2D eigenvalue weighted by molar-refractivity contribution is 7.93. The van der Waals surface area contributed by atoms with Gasteiger partial charge in [0.1, 0.15) is 6.54 Å². The molecule has 1 amide bonds. The molecule has 33 heavy (non-hydrogen) atoms. The van der Waals surface area contributed by atoms with Crippen LogP contribution >= 0.6 is 0 Å². The number of anilines is 1. The lowest BCUT2D eigenvalue weighted by atomic mass is 10.1. The number of nitrogens with zero attached hydrogens (tertiary/aromatic N) is 1. The van der Waals surface area contributed by atoms with Crippen LogP contribution in [-0.2, 0) is 24.7 Å². The first-order chi connectivity index (χ1) is 15.5. The number of rotatable bonds is 8. The molecular weight excluding hydrogens is 460 g/mol. The highest BCUT2D eigenvalue weighted by Crippen LogP contribution is 2.24. The van der Waals surface area contributed by atoms with E-state index in [2.05, 4.69) is 5.32 Å². The summed E-state index contributed by atoms with van der Waals surface area (Å²) in [5.41, 5.74) is 2.00. The van der Waals surface area contributed by atoms with Crippen molar-refractivity contribution in [3.8, 4) is 0 Å². The molecule has 174 valence electrons. The Kier molecular flexibility index (Phi) is 7.24. The summed E-state index contributed by atoms with van der Waals surface area (Å²) in [6, 6.07) is 20.6. The second-order valence-electron chi connectivity index (χ2n) is 7.79. The molecule has 1 unspecified atom stereocenters. The molecule has 7 nitrogen and oxygen atoms in total. The first-order valence-electron chi connectivity index (χ1n) is 10.2. The number of para-hydroxylation sites is 1. The summed E-state index contributed by atoms with van der Waals surface area (Å²) in [5, 5.41) is 2.79. The number of amides is 1. The summed E-state index contributed by atoms with van der Waals surface area (Å²) in [4.78, 5) is 13.1. The average molecular weight is 487 g/mol. The average Bonchev–Trinajstić information content (AvgIpc) is 2.77. The van der Waals surface area contributed by atoms with Gasteiger partial charge in [-0.3, -0.25) is 9.10 Å². The molecule has 1 atom stereocenters. The normalized spacial score (nSPS) is 12.7. The zero-order chi connectivity index (χ0) is 24.2. The van der Waals surface area contributed by atoms with Crippen molar-refractivity contribution in [3.63, 3.8) is 0 Å². The van der Waals surface area contributed by atoms with Crippen molar-refractivity contribution >= 4 is 31.5 Å². The van der Waals surface area contributed by atoms with Crippen LogP contribution < -0.4 is 9.62 Å². The van der Waals surface area contributed by atoms with Gasteiger partial charge in [-0.1, -0.05) is 48.0 Å². The smallest absolute Gasteiger partial charge is 0.264 e. The summed E-state index contributed by atoms with van der Waals surface area (Å²) in [7, 11) is -7.30. The predicted molar refractivity (Wildman–Crippen MR) is 128 cm³/mol. The van der Waals surface area contributed by atoms with Crippen molar-refractivity contribution in [1.29, 1.82) is 0 Å². The molecule has 0 bridgehead atoms. The van der Waals surface area contributed by atoms with Crippen LogP contribution in [0.4, 0.5) is 5.69 Å². The maximum absolute atomic E-state index is 13.4. The van der Waals surface area contributed by atoms with E-state index >= 15 is 0 Å². The van der Waals surface area contributed by atoms with Crippen LogP contribution in [0.15, 0.2) is 88.7 Å². The zero-order valence-corrected chi connectivity index (χ0v) is 20.2. The quantitative estimate of drug-likeness (QED) is 0.525. The molecule has 0 fully saturated rings. The molecule has 0 aliphatic carbocycles. The van der Waals surface area contributed by atoms with E-state index in [-0.39, 0.29) is 9.79 Å². The molecule has 0 heterocycles. The molecule has 3 aromatic rings. The standard InChI is InChI=1S/C24H26N2O5S2/c1-18-9-13-23(14-10-18)33(30,31)26(21-7-5-4-6-8-21)17-24(27)25-19(2)20-11-15-22(16-12-20)32(3,28)29/h4-16,19H,17H2,1-3H3,(H,25,27). The third-order valence-corrected chi connectivity index (χ3v) is 8.04. The Bertz CT molecular complexity index is 1320. The van der Waals surface area contributed by atoms with E-state index in [0.717, 1.165) is 16.1 Å². The molecule has 0 spiro atoms. The molecule has 0 saturated heterocycles. The van der Waals surface area contributed by atoms with Crippen LogP contribution in [0, 0.1) is 6.92 Å². The summed E-state index contributed by atoms with van der Waals surface area (Å²) in [6.07, 6.45) is 1.12. The van der Waals surface area contributed by atoms with E-state index in [4.69, 9.17) is 0 Å². The van der Waals surface area contributed by atoms with Gasteiger partial charge in [-0.05, 0) is 55.8 Å². The molecular formula is C24H26N2O5S2. The molecule has 3 aromatic carbocycles. The van der Waals surface area contributed by atoms with Crippen LogP contribution in [0.5, 0.6) is 0 Å². The number of sulfone groups is 1. The lowest BCUT2D eigenvalue weighted by Gasteiger charge is -2.25. The topological polar surface area (TPSA) is 101 Å². The van der Waals surface area contributed by atoms with Gasteiger partial charge < -0.3 is 5.32 Å². The minimum absolute atomic E-state index is 0.0918. The van der Waals surface area contributed by atoms with E-state index in [1.165, 1.54) is 24.3 Å². The molecule has 9 heteroatoms. The lowest BCUT2D eigenvalue weighted by Crippen LogP contribution is -2.41. The van der Waals surface area contributed by atoms with Gasteiger partial charge in [0, 0.05) is 6.26 Å². The fourth-order valence-corrected chi connectivity index (χ4v) is 5.30. The highest BCUT2D eigenvalue weighted by atomic mass is 32.2. The van der Waals surface area contributed by atoms with Crippen molar-refractivity contribution in [1.82, 2.24) is 5.32 Å². The summed E-state index contributed by atoms with van der Waals surface area (Å²) in [5.74, 6) is -0.491. The Hall–Kier alpha value is -3.17. The van der Waals surface area contributed by atoms with Crippen LogP contribution in [-0.4, -0.2) is 35.5 Å². The third kappa shape index (κ3) is 6.00. The van der Waals surface area contributed by atoms with Crippen molar-refractivity contribution < 1.29 is 21.6 Å². The van der Waals surface area contributed by atoms with Crippen molar-refractivity contribution in [3.05, 3.63) is 90.0 Å². The van der Waals surface area contributed by atoms with E-state index in [9.17, 15) is 21.6 Å². The Morgan fingerprint density at radius 3 is 1.94 bits per heavy atom. The number of benzene rings is 3. The summed E-state index contributed by atoms with van der Waals surface area (Å²) >= 11 is 0. The van der Waals surface area contributed by atoms with E-state index < -0.39 is 38.4 Å². The van der Waals surface area contributed by atoms with Gasteiger partial charge in [0.05, 0.1) is 21.5 Å². The molecule has 0 saturated carbocycles. The first-order valence-corrected chi connectivity index (χ1v) is 13.6. The van der Waals surface area contributed by atoms with E-state index in [0.29, 0.717) is 11.3 Å². The Morgan fingerprint density at radius 1 is 0.848 bits per heavy atom. The number of hydrogen-bond acceptors (Lipinski definition) is 5. The molecule has 0 aliphatic heterocycles. The fraction of sp³-hybridized carbons (Fsp3) is 0.208. The lowest BCUT2D eigenvalue weighted by molar-refractivity contribution is -0.120.